The Labute approximate surface area is 123 Å². The zero-order valence-corrected chi connectivity index (χ0v) is 13.1. The summed E-state index contributed by atoms with van der Waals surface area (Å²) in [6, 6.07) is 13.0. The number of hydrogen-bond donors (Lipinski definition) is 0. The summed E-state index contributed by atoms with van der Waals surface area (Å²) in [5.74, 6) is -0.192. The van der Waals surface area contributed by atoms with Gasteiger partial charge >= 0.3 is 0 Å². The van der Waals surface area contributed by atoms with Crippen LogP contribution in [-0.4, -0.2) is 0 Å². The lowest BCUT2D eigenvalue weighted by Crippen LogP contribution is -1.96. The Hall–Kier alpha value is -0.670. The van der Waals surface area contributed by atoms with Gasteiger partial charge in [0, 0.05) is 9.30 Å². The van der Waals surface area contributed by atoms with Gasteiger partial charge in [0.1, 0.15) is 5.82 Å². The van der Waals surface area contributed by atoms with Crippen molar-refractivity contribution in [3.8, 4) is 0 Å². The van der Waals surface area contributed by atoms with Gasteiger partial charge in [0.2, 0.25) is 0 Å². The highest BCUT2D eigenvalue weighted by atomic mass is 79.9. The Bertz CT molecular complexity index is 514. The minimum Gasteiger partial charge on any atom is -0.207 e. The molecule has 2 aromatic carbocycles. The largest absolute Gasteiger partial charge is 0.207 e. The average molecular weight is 372 g/mol. The number of alkyl halides is 1. The Morgan fingerprint density at radius 3 is 2.39 bits per heavy atom. The molecule has 0 aliphatic carbocycles. The van der Waals surface area contributed by atoms with Crippen molar-refractivity contribution in [3.05, 3.63) is 69.4 Å². The van der Waals surface area contributed by atoms with Crippen molar-refractivity contribution in [3.63, 3.8) is 0 Å². The molecule has 1 unspecified atom stereocenters. The Morgan fingerprint density at radius 1 is 1.11 bits per heavy atom. The third kappa shape index (κ3) is 3.66. The second-order valence-electron chi connectivity index (χ2n) is 4.36. The molecule has 2 rings (SSSR count). The highest BCUT2D eigenvalue weighted by Gasteiger charge is 2.09. The van der Waals surface area contributed by atoms with Crippen molar-refractivity contribution in [2.24, 2.45) is 0 Å². The molecule has 0 spiro atoms. The molecule has 1 atom stereocenters. The molecule has 0 bridgehead atoms. The van der Waals surface area contributed by atoms with Crippen LogP contribution >= 0.6 is 31.9 Å². The number of rotatable bonds is 3. The standard InChI is InChI=1S/C15H13Br2F/c1-10-6-12(9-13(16)7-10)15(17)8-11-2-4-14(18)5-3-11/h2-7,9,15H,8H2,1H3. The number of halogens is 3. The van der Waals surface area contributed by atoms with Crippen LogP contribution in [0.3, 0.4) is 0 Å². The first-order valence-electron chi connectivity index (χ1n) is 5.70. The molecule has 94 valence electrons. The van der Waals surface area contributed by atoms with Crippen molar-refractivity contribution in [1.82, 2.24) is 0 Å². The normalized spacial score (nSPS) is 12.4. The van der Waals surface area contributed by atoms with E-state index in [1.54, 1.807) is 0 Å². The molecule has 3 heteroatoms. The molecule has 0 saturated heterocycles. The zero-order chi connectivity index (χ0) is 13.1. The monoisotopic (exact) mass is 370 g/mol. The van der Waals surface area contributed by atoms with E-state index in [1.165, 1.54) is 23.3 Å². The lowest BCUT2D eigenvalue weighted by Gasteiger charge is -2.12. The summed E-state index contributed by atoms with van der Waals surface area (Å²) in [7, 11) is 0. The molecule has 0 N–H and O–H groups in total. The van der Waals surface area contributed by atoms with Crippen molar-refractivity contribution >= 4 is 31.9 Å². The van der Waals surface area contributed by atoms with E-state index >= 15 is 0 Å². The molecule has 0 amide bonds. The minimum absolute atomic E-state index is 0.192. The lowest BCUT2D eigenvalue weighted by molar-refractivity contribution is 0.627. The first kappa shape index (κ1) is 13.8. The van der Waals surface area contributed by atoms with Crippen LogP contribution in [0.5, 0.6) is 0 Å². The molecular weight excluding hydrogens is 359 g/mol. The lowest BCUT2D eigenvalue weighted by atomic mass is 10.0. The summed E-state index contributed by atoms with van der Waals surface area (Å²) in [5.41, 5.74) is 3.57. The van der Waals surface area contributed by atoms with E-state index in [2.05, 4.69) is 57.0 Å². The third-order valence-electron chi connectivity index (χ3n) is 2.75. The van der Waals surface area contributed by atoms with Crippen molar-refractivity contribution in [2.45, 2.75) is 18.2 Å². The van der Waals surface area contributed by atoms with Gasteiger partial charge in [0.15, 0.2) is 0 Å². The predicted molar refractivity (Wildman–Crippen MR) is 80.7 cm³/mol. The van der Waals surface area contributed by atoms with Gasteiger partial charge in [-0.15, -0.1) is 0 Å². The van der Waals surface area contributed by atoms with Crippen molar-refractivity contribution in [2.75, 3.05) is 0 Å². The van der Waals surface area contributed by atoms with Gasteiger partial charge < -0.3 is 0 Å². The van der Waals surface area contributed by atoms with E-state index in [0.29, 0.717) is 0 Å². The second-order valence-corrected chi connectivity index (χ2v) is 6.38. The highest BCUT2D eigenvalue weighted by Crippen LogP contribution is 2.30. The highest BCUT2D eigenvalue weighted by molar-refractivity contribution is 9.10. The van der Waals surface area contributed by atoms with Gasteiger partial charge in [-0.05, 0) is 54.3 Å². The van der Waals surface area contributed by atoms with E-state index in [-0.39, 0.29) is 10.6 Å². The summed E-state index contributed by atoms with van der Waals surface area (Å²) in [4.78, 5) is 0.235. The molecule has 0 aliphatic rings. The molecular formula is C15H13Br2F. The quantitative estimate of drug-likeness (QED) is 0.618. The van der Waals surface area contributed by atoms with Gasteiger partial charge in [0.25, 0.3) is 0 Å². The maximum atomic E-state index is 12.8. The van der Waals surface area contributed by atoms with E-state index < -0.39 is 0 Å². The molecule has 0 nitrogen and oxygen atoms in total. The summed E-state index contributed by atoms with van der Waals surface area (Å²) < 4.78 is 13.9. The van der Waals surface area contributed by atoms with E-state index in [4.69, 9.17) is 0 Å². The number of aryl methyl sites for hydroxylation is 1. The maximum absolute atomic E-state index is 12.8. The number of benzene rings is 2. The van der Waals surface area contributed by atoms with E-state index in [0.717, 1.165) is 16.5 Å². The van der Waals surface area contributed by atoms with Crippen molar-refractivity contribution in [1.29, 1.82) is 0 Å². The van der Waals surface area contributed by atoms with Gasteiger partial charge in [-0.2, -0.15) is 0 Å². The van der Waals surface area contributed by atoms with Gasteiger partial charge in [-0.1, -0.05) is 50.1 Å². The van der Waals surface area contributed by atoms with Crippen LogP contribution in [0.1, 0.15) is 21.5 Å². The van der Waals surface area contributed by atoms with Crippen LogP contribution in [0.15, 0.2) is 46.9 Å². The topological polar surface area (TPSA) is 0 Å². The smallest absolute Gasteiger partial charge is 0.123 e. The predicted octanol–water partition coefficient (Wildman–Crippen LogP) is 5.58. The fourth-order valence-corrected chi connectivity index (χ4v) is 3.15. The van der Waals surface area contributed by atoms with Gasteiger partial charge in [-0.25, -0.2) is 4.39 Å². The van der Waals surface area contributed by atoms with E-state index in [9.17, 15) is 4.39 Å². The molecule has 0 saturated carbocycles. The maximum Gasteiger partial charge on any atom is 0.123 e. The van der Waals surface area contributed by atoms with E-state index in [1.807, 2.05) is 12.1 Å². The molecule has 0 aliphatic heterocycles. The third-order valence-corrected chi connectivity index (χ3v) is 4.06. The first-order chi connectivity index (χ1) is 8.54. The Kier molecular flexibility index (Phi) is 4.57. The minimum atomic E-state index is -0.192. The zero-order valence-electron chi connectivity index (χ0n) is 9.96. The van der Waals surface area contributed by atoms with Gasteiger partial charge in [0.05, 0.1) is 0 Å². The summed E-state index contributed by atoms with van der Waals surface area (Å²) >= 11 is 7.20. The van der Waals surface area contributed by atoms with Crippen LogP contribution in [0.25, 0.3) is 0 Å². The summed E-state index contributed by atoms with van der Waals surface area (Å²) in [6.45, 7) is 2.08. The van der Waals surface area contributed by atoms with Crippen LogP contribution < -0.4 is 0 Å². The Morgan fingerprint density at radius 2 is 1.78 bits per heavy atom. The van der Waals surface area contributed by atoms with Crippen LogP contribution in [-0.2, 0) is 6.42 Å². The van der Waals surface area contributed by atoms with Crippen LogP contribution in [0, 0.1) is 12.7 Å². The van der Waals surface area contributed by atoms with Gasteiger partial charge in [-0.3, -0.25) is 0 Å². The second kappa shape index (κ2) is 5.98. The molecule has 18 heavy (non-hydrogen) atoms. The summed E-state index contributed by atoms with van der Waals surface area (Å²) in [5, 5.41) is 0. The molecule has 0 radical (unpaired) electrons. The molecule has 0 heterocycles. The SMILES string of the molecule is Cc1cc(Br)cc(C(Br)Cc2ccc(F)cc2)c1. The molecule has 2 aromatic rings. The fraction of sp³-hybridized carbons (Fsp3) is 0.200. The number of hydrogen-bond acceptors (Lipinski definition) is 0. The Balaban J connectivity index is 2.16. The average Bonchev–Trinajstić information content (AvgIpc) is 2.31. The molecule has 0 fully saturated rings. The molecule has 0 aromatic heterocycles. The van der Waals surface area contributed by atoms with Crippen LogP contribution in [0.4, 0.5) is 4.39 Å². The van der Waals surface area contributed by atoms with Crippen LogP contribution in [0.2, 0.25) is 0 Å². The summed E-state index contributed by atoms with van der Waals surface area (Å²) in [6.07, 6.45) is 0.843. The fourth-order valence-electron chi connectivity index (χ4n) is 1.89. The van der Waals surface area contributed by atoms with Crippen molar-refractivity contribution < 1.29 is 4.39 Å². The first-order valence-corrected chi connectivity index (χ1v) is 7.41.